The van der Waals surface area contributed by atoms with E-state index in [1.54, 1.807) is 0 Å². The van der Waals surface area contributed by atoms with Crippen LogP contribution in [0, 0.1) is 0 Å². The summed E-state index contributed by atoms with van der Waals surface area (Å²) in [5.74, 6) is 0. The molecule has 5 heteroatoms. The van der Waals surface area contributed by atoms with Gasteiger partial charge in [0.05, 0.1) is 0 Å². The molecule has 2 N–H and O–H groups in total. The van der Waals surface area contributed by atoms with Crippen LogP contribution in [0.3, 0.4) is 0 Å². The molecule has 0 fully saturated rings. The summed E-state index contributed by atoms with van der Waals surface area (Å²) >= 11 is 0. The highest BCUT2D eigenvalue weighted by Gasteiger charge is 2.24. The van der Waals surface area contributed by atoms with Gasteiger partial charge in [-0.3, -0.25) is 10.2 Å². The largest absolute Gasteiger partial charge is 0.283 e. The molecule has 19 heavy (non-hydrogen) atoms. The van der Waals surface area contributed by atoms with E-state index in [-0.39, 0.29) is 10.8 Å². The Bertz CT molecular complexity index is 504. The predicted molar refractivity (Wildman–Crippen MR) is 79.6 cm³/mol. The Hall–Kier alpha value is -1.52. The van der Waals surface area contributed by atoms with Gasteiger partial charge in [-0.15, -0.1) is 0 Å². The SMILES string of the molecule is CC(C)(C)c1[nH]ncc1[B]c1cn[nH]c1C(C)(C)C. The van der Waals surface area contributed by atoms with E-state index >= 15 is 0 Å². The number of H-pyrrole nitrogens is 2. The van der Waals surface area contributed by atoms with E-state index in [2.05, 4.69) is 69.2 Å². The Labute approximate surface area is 115 Å². The van der Waals surface area contributed by atoms with E-state index < -0.39 is 0 Å². The zero-order valence-electron chi connectivity index (χ0n) is 12.6. The first kappa shape index (κ1) is 13.9. The molecule has 101 valence electrons. The first-order valence-corrected chi connectivity index (χ1v) is 6.62. The minimum Gasteiger partial charge on any atom is -0.283 e. The second-order valence-corrected chi connectivity index (χ2v) is 7.05. The van der Waals surface area contributed by atoms with Gasteiger partial charge in [-0.25, -0.2) is 0 Å². The van der Waals surface area contributed by atoms with E-state index in [4.69, 9.17) is 0 Å². The number of hydrogen-bond acceptors (Lipinski definition) is 2. The zero-order chi connectivity index (χ0) is 14.3. The maximum atomic E-state index is 4.17. The van der Waals surface area contributed by atoms with Crippen LogP contribution in [-0.4, -0.2) is 27.7 Å². The van der Waals surface area contributed by atoms with Crippen LogP contribution in [0.25, 0.3) is 0 Å². The topological polar surface area (TPSA) is 57.4 Å². The van der Waals surface area contributed by atoms with Crippen molar-refractivity contribution < 1.29 is 0 Å². The third-order valence-corrected chi connectivity index (χ3v) is 3.15. The first-order chi connectivity index (χ1) is 8.69. The van der Waals surface area contributed by atoms with E-state index in [1.807, 2.05) is 12.4 Å². The highest BCUT2D eigenvalue weighted by Crippen LogP contribution is 2.19. The van der Waals surface area contributed by atoms with Crippen LogP contribution in [0.4, 0.5) is 0 Å². The highest BCUT2D eigenvalue weighted by molar-refractivity contribution is 6.68. The molecule has 1 radical (unpaired) electrons. The van der Waals surface area contributed by atoms with Gasteiger partial charge in [0.25, 0.3) is 0 Å². The number of nitrogens with one attached hydrogen (secondary N) is 2. The van der Waals surface area contributed by atoms with Crippen molar-refractivity contribution in [3.63, 3.8) is 0 Å². The number of nitrogens with zero attached hydrogens (tertiary/aromatic N) is 2. The van der Waals surface area contributed by atoms with E-state index in [9.17, 15) is 0 Å². The van der Waals surface area contributed by atoms with Crippen molar-refractivity contribution in [2.45, 2.75) is 52.4 Å². The molecule has 0 saturated heterocycles. The summed E-state index contributed by atoms with van der Waals surface area (Å²) in [6.07, 6.45) is 3.75. The van der Waals surface area contributed by atoms with Crippen molar-refractivity contribution in [1.29, 1.82) is 0 Å². The lowest BCUT2D eigenvalue weighted by Gasteiger charge is -2.20. The minimum absolute atomic E-state index is 0.0496. The lowest BCUT2D eigenvalue weighted by Crippen LogP contribution is -2.36. The monoisotopic (exact) mass is 257 g/mol. The number of hydrogen-bond donors (Lipinski definition) is 2. The second-order valence-electron chi connectivity index (χ2n) is 7.05. The van der Waals surface area contributed by atoms with Gasteiger partial charge < -0.3 is 0 Å². The van der Waals surface area contributed by atoms with E-state index in [0.717, 1.165) is 22.3 Å². The molecule has 0 aliphatic carbocycles. The number of rotatable bonds is 2. The Morgan fingerprint density at radius 1 is 0.789 bits per heavy atom. The summed E-state index contributed by atoms with van der Waals surface area (Å²) in [7, 11) is 2.15. The Morgan fingerprint density at radius 2 is 1.16 bits per heavy atom. The van der Waals surface area contributed by atoms with Gasteiger partial charge in [0.1, 0.15) is 0 Å². The fourth-order valence-corrected chi connectivity index (χ4v) is 2.18. The quantitative estimate of drug-likeness (QED) is 0.798. The van der Waals surface area contributed by atoms with Crippen molar-refractivity contribution >= 4 is 18.2 Å². The fourth-order valence-electron chi connectivity index (χ4n) is 2.18. The Morgan fingerprint density at radius 3 is 1.47 bits per heavy atom. The summed E-state index contributed by atoms with van der Waals surface area (Å²) in [6.45, 7) is 13.1. The molecular formula is C14H22BN4. The molecule has 2 aromatic rings. The van der Waals surface area contributed by atoms with Gasteiger partial charge in [0.2, 0.25) is 7.28 Å². The molecular weight excluding hydrogens is 235 g/mol. The summed E-state index contributed by atoms with van der Waals surface area (Å²) in [5, 5.41) is 14.6. The summed E-state index contributed by atoms with van der Waals surface area (Å²) < 4.78 is 0. The molecule has 0 aliphatic heterocycles. The van der Waals surface area contributed by atoms with Gasteiger partial charge in [0.15, 0.2) is 0 Å². The molecule has 0 spiro atoms. The van der Waals surface area contributed by atoms with Gasteiger partial charge >= 0.3 is 0 Å². The van der Waals surface area contributed by atoms with Gasteiger partial charge in [-0.05, 0) is 10.9 Å². The van der Waals surface area contributed by atoms with Crippen molar-refractivity contribution in [2.24, 2.45) is 0 Å². The van der Waals surface area contributed by atoms with Crippen molar-refractivity contribution in [1.82, 2.24) is 20.4 Å². The molecule has 2 aromatic heterocycles. The molecule has 0 amide bonds. The summed E-state index contributed by atoms with van der Waals surface area (Å²) in [4.78, 5) is 0. The zero-order valence-corrected chi connectivity index (χ0v) is 12.6. The lowest BCUT2D eigenvalue weighted by molar-refractivity contribution is 0.569. The third kappa shape index (κ3) is 2.91. The maximum Gasteiger partial charge on any atom is 0.200 e. The smallest absolute Gasteiger partial charge is 0.200 e. The van der Waals surface area contributed by atoms with Gasteiger partial charge in [0, 0.05) is 34.6 Å². The summed E-state index contributed by atoms with van der Waals surface area (Å²) in [6, 6.07) is 0. The lowest BCUT2D eigenvalue weighted by atomic mass is 9.60. The van der Waals surface area contributed by atoms with Crippen LogP contribution in [0.5, 0.6) is 0 Å². The molecule has 0 aliphatic rings. The highest BCUT2D eigenvalue weighted by atomic mass is 15.1. The van der Waals surface area contributed by atoms with Crippen LogP contribution < -0.4 is 10.9 Å². The van der Waals surface area contributed by atoms with Crippen LogP contribution >= 0.6 is 0 Å². The molecule has 0 atom stereocenters. The van der Waals surface area contributed by atoms with Crippen molar-refractivity contribution in [2.75, 3.05) is 0 Å². The Balaban J connectivity index is 2.33. The predicted octanol–water partition coefficient (Wildman–Crippen LogP) is 1.38. The normalized spacial score (nSPS) is 12.7. The van der Waals surface area contributed by atoms with Crippen LogP contribution in [0.2, 0.25) is 0 Å². The minimum atomic E-state index is 0.0496. The maximum absolute atomic E-state index is 4.17. The van der Waals surface area contributed by atoms with Crippen LogP contribution in [0.15, 0.2) is 12.4 Å². The van der Waals surface area contributed by atoms with E-state index in [0.29, 0.717) is 0 Å². The van der Waals surface area contributed by atoms with Crippen molar-refractivity contribution in [3.05, 3.63) is 23.8 Å². The molecule has 4 nitrogen and oxygen atoms in total. The van der Waals surface area contributed by atoms with Gasteiger partial charge in [-0.1, -0.05) is 41.5 Å². The molecule has 0 unspecified atom stereocenters. The van der Waals surface area contributed by atoms with Crippen LogP contribution in [-0.2, 0) is 10.8 Å². The first-order valence-electron chi connectivity index (χ1n) is 6.62. The molecule has 0 aromatic carbocycles. The summed E-state index contributed by atoms with van der Waals surface area (Å²) in [5.41, 5.74) is 4.64. The van der Waals surface area contributed by atoms with Gasteiger partial charge in [-0.2, -0.15) is 10.2 Å². The second kappa shape index (κ2) is 4.55. The molecule has 2 rings (SSSR count). The van der Waals surface area contributed by atoms with E-state index in [1.165, 1.54) is 0 Å². The molecule has 2 heterocycles. The molecule has 0 bridgehead atoms. The van der Waals surface area contributed by atoms with Crippen LogP contribution in [0.1, 0.15) is 52.9 Å². The third-order valence-electron chi connectivity index (χ3n) is 3.15. The standard InChI is InChI=1S/C14H22BN4/c1-13(2,3)11-9(7-16-18-11)15-10-8-17-19-12(10)14(4,5)6/h7-8H,1-6H3,(H,16,18)(H,17,19). The van der Waals surface area contributed by atoms with Crippen molar-refractivity contribution in [3.8, 4) is 0 Å². The average molecular weight is 257 g/mol. The fraction of sp³-hybridized carbons (Fsp3) is 0.571. The average Bonchev–Trinajstić information content (AvgIpc) is 2.83. The molecule has 0 saturated carbocycles. The number of aromatic amines is 2. The Kier molecular flexibility index (Phi) is 3.33. The number of aromatic nitrogens is 4.